The summed E-state index contributed by atoms with van der Waals surface area (Å²) in [6.45, 7) is 0. The molecule has 108 valence electrons. The van der Waals surface area contributed by atoms with Crippen molar-refractivity contribution in [3.63, 3.8) is 0 Å². The van der Waals surface area contributed by atoms with Crippen LogP contribution < -0.4 is 14.8 Å². The number of benzene rings is 1. The van der Waals surface area contributed by atoms with Crippen LogP contribution in [0.3, 0.4) is 0 Å². The van der Waals surface area contributed by atoms with Gasteiger partial charge in [0.2, 0.25) is 5.91 Å². The maximum atomic E-state index is 13.6. The number of carbonyl (C=O) groups is 2. The van der Waals surface area contributed by atoms with Gasteiger partial charge in [-0.25, -0.2) is 4.39 Å². The standard InChI is InChI=1S/C13H14FNO5/c1-19-10-5-11(20-2)9(4-8(10)14)15-12(16)6-3-7(6)13(17)18/h4-7H,3H2,1-2H3,(H,15,16)(H,17,18)/t6-,7+/m1/s1. The highest BCUT2D eigenvalue weighted by molar-refractivity contribution is 5.99. The zero-order valence-electron chi connectivity index (χ0n) is 11.0. The fourth-order valence-electron chi connectivity index (χ4n) is 1.94. The Morgan fingerprint density at radius 2 is 1.90 bits per heavy atom. The molecule has 2 atom stereocenters. The van der Waals surface area contributed by atoms with Crippen molar-refractivity contribution >= 4 is 17.6 Å². The molecule has 1 aliphatic rings. The molecule has 0 bridgehead atoms. The highest BCUT2D eigenvalue weighted by Gasteiger charge is 2.48. The van der Waals surface area contributed by atoms with E-state index < -0.39 is 29.5 Å². The number of halogens is 1. The molecule has 0 unspecified atom stereocenters. The number of nitrogens with one attached hydrogen (secondary N) is 1. The van der Waals surface area contributed by atoms with Crippen LogP contribution in [0.25, 0.3) is 0 Å². The minimum absolute atomic E-state index is 0.00492. The van der Waals surface area contributed by atoms with Crippen molar-refractivity contribution in [1.82, 2.24) is 0 Å². The zero-order valence-corrected chi connectivity index (χ0v) is 11.0. The Labute approximate surface area is 114 Å². The van der Waals surface area contributed by atoms with Crippen molar-refractivity contribution in [3.8, 4) is 11.5 Å². The summed E-state index contributed by atoms with van der Waals surface area (Å²) in [5, 5.41) is 11.2. The van der Waals surface area contributed by atoms with Gasteiger partial charge < -0.3 is 19.9 Å². The van der Waals surface area contributed by atoms with Crippen molar-refractivity contribution in [2.24, 2.45) is 11.8 Å². The Morgan fingerprint density at radius 3 is 2.40 bits per heavy atom. The van der Waals surface area contributed by atoms with E-state index in [4.69, 9.17) is 14.6 Å². The topological polar surface area (TPSA) is 84.9 Å². The molecule has 1 amide bonds. The second-order valence-electron chi connectivity index (χ2n) is 4.46. The lowest BCUT2D eigenvalue weighted by Crippen LogP contribution is -2.17. The number of ether oxygens (including phenoxy) is 2. The Kier molecular flexibility index (Phi) is 3.78. The van der Waals surface area contributed by atoms with Crippen LogP contribution in [0.1, 0.15) is 6.42 Å². The molecule has 0 heterocycles. The van der Waals surface area contributed by atoms with Crippen molar-refractivity contribution in [2.75, 3.05) is 19.5 Å². The maximum Gasteiger partial charge on any atom is 0.307 e. The van der Waals surface area contributed by atoms with Crippen molar-refractivity contribution in [1.29, 1.82) is 0 Å². The molecule has 1 saturated carbocycles. The van der Waals surface area contributed by atoms with E-state index in [1.54, 1.807) is 0 Å². The summed E-state index contributed by atoms with van der Waals surface area (Å²) in [6, 6.07) is 2.39. The molecule has 1 aromatic rings. The third kappa shape index (κ3) is 2.66. The van der Waals surface area contributed by atoms with Gasteiger partial charge >= 0.3 is 5.97 Å². The van der Waals surface area contributed by atoms with Crippen LogP contribution in [0.5, 0.6) is 11.5 Å². The Morgan fingerprint density at radius 1 is 1.25 bits per heavy atom. The molecule has 0 radical (unpaired) electrons. The number of anilines is 1. The number of hydrogen-bond donors (Lipinski definition) is 2. The monoisotopic (exact) mass is 283 g/mol. The predicted octanol–water partition coefficient (Wildman–Crippen LogP) is 1.50. The Bertz CT molecular complexity index is 560. The number of amides is 1. The van der Waals surface area contributed by atoms with Gasteiger partial charge in [-0.1, -0.05) is 0 Å². The normalized spacial score (nSPS) is 20.1. The lowest BCUT2D eigenvalue weighted by atomic mass is 10.2. The smallest absolute Gasteiger partial charge is 0.307 e. The lowest BCUT2D eigenvalue weighted by Gasteiger charge is -2.12. The van der Waals surface area contributed by atoms with Crippen molar-refractivity contribution < 1.29 is 28.6 Å². The van der Waals surface area contributed by atoms with E-state index in [-0.39, 0.29) is 17.2 Å². The molecule has 1 aromatic carbocycles. The predicted molar refractivity (Wildman–Crippen MR) is 67.4 cm³/mol. The third-order valence-corrected chi connectivity index (χ3v) is 3.18. The molecule has 1 fully saturated rings. The number of carboxylic acids is 1. The summed E-state index contributed by atoms with van der Waals surface area (Å²) in [6.07, 6.45) is 0.294. The molecule has 0 saturated heterocycles. The maximum absolute atomic E-state index is 13.6. The van der Waals surface area contributed by atoms with Crippen molar-refractivity contribution in [3.05, 3.63) is 17.9 Å². The number of carbonyl (C=O) groups excluding carboxylic acids is 1. The van der Waals surface area contributed by atoms with Gasteiger partial charge in [-0.3, -0.25) is 9.59 Å². The first-order valence-corrected chi connectivity index (χ1v) is 5.93. The SMILES string of the molecule is COc1cc(OC)c(NC(=O)[C@@H]2C[C@@H]2C(=O)O)cc1F. The van der Waals surface area contributed by atoms with Gasteiger partial charge in [0.15, 0.2) is 11.6 Å². The molecule has 0 aliphatic heterocycles. The van der Waals surface area contributed by atoms with E-state index in [2.05, 4.69) is 5.32 Å². The van der Waals surface area contributed by atoms with E-state index in [0.717, 1.165) is 6.07 Å². The average molecular weight is 283 g/mol. The van der Waals surface area contributed by atoms with E-state index >= 15 is 0 Å². The molecule has 20 heavy (non-hydrogen) atoms. The molecule has 6 nitrogen and oxygen atoms in total. The van der Waals surface area contributed by atoms with Crippen LogP contribution in [0.2, 0.25) is 0 Å². The number of methoxy groups -OCH3 is 2. The number of aliphatic carboxylic acids is 1. The molecular formula is C13H14FNO5. The van der Waals surface area contributed by atoms with Crippen LogP contribution >= 0.6 is 0 Å². The minimum atomic E-state index is -1.00. The first-order chi connectivity index (χ1) is 9.47. The van der Waals surface area contributed by atoms with Crippen LogP contribution in [-0.4, -0.2) is 31.2 Å². The Hall–Kier alpha value is -2.31. The van der Waals surface area contributed by atoms with Gasteiger partial charge in [-0.2, -0.15) is 0 Å². The molecule has 0 spiro atoms. The van der Waals surface area contributed by atoms with Gasteiger partial charge in [-0.15, -0.1) is 0 Å². The highest BCUT2D eigenvalue weighted by Crippen LogP contribution is 2.40. The van der Waals surface area contributed by atoms with E-state index in [0.29, 0.717) is 6.42 Å². The van der Waals surface area contributed by atoms with Gasteiger partial charge in [0, 0.05) is 12.1 Å². The summed E-state index contributed by atoms with van der Waals surface area (Å²) < 4.78 is 23.5. The fraction of sp³-hybridized carbons (Fsp3) is 0.385. The fourth-order valence-corrected chi connectivity index (χ4v) is 1.94. The van der Waals surface area contributed by atoms with Crippen LogP contribution in [0.15, 0.2) is 12.1 Å². The summed E-state index contributed by atoms with van der Waals surface area (Å²) in [7, 11) is 2.69. The van der Waals surface area contributed by atoms with Gasteiger partial charge in [0.1, 0.15) is 5.75 Å². The van der Waals surface area contributed by atoms with Crippen molar-refractivity contribution in [2.45, 2.75) is 6.42 Å². The van der Waals surface area contributed by atoms with Crippen LogP contribution in [-0.2, 0) is 9.59 Å². The Balaban J connectivity index is 2.15. The van der Waals surface area contributed by atoms with Gasteiger partial charge in [-0.05, 0) is 6.42 Å². The molecule has 2 rings (SSSR count). The third-order valence-electron chi connectivity index (χ3n) is 3.18. The zero-order chi connectivity index (χ0) is 14.9. The molecule has 2 N–H and O–H groups in total. The molecule has 0 aromatic heterocycles. The first kappa shape index (κ1) is 14.1. The summed E-state index contributed by atoms with van der Waals surface area (Å²) >= 11 is 0. The highest BCUT2D eigenvalue weighted by atomic mass is 19.1. The van der Waals surface area contributed by atoms with Gasteiger partial charge in [0.25, 0.3) is 0 Å². The van der Waals surface area contributed by atoms with Crippen LogP contribution in [0, 0.1) is 17.7 Å². The largest absolute Gasteiger partial charge is 0.494 e. The minimum Gasteiger partial charge on any atom is -0.494 e. The lowest BCUT2D eigenvalue weighted by molar-refractivity contribution is -0.139. The quantitative estimate of drug-likeness (QED) is 0.855. The number of hydrogen-bond acceptors (Lipinski definition) is 4. The van der Waals surface area contributed by atoms with Crippen LogP contribution in [0.4, 0.5) is 10.1 Å². The van der Waals surface area contributed by atoms with E-state index in [9.17, 15) is 14.0 Å². The average Bonchev–Trinajstić information content (AvgIpc) is 3.19. The second kappa shape index (κ2) is 5.36. The molecule has 1 aliphatic carbocycles. The summed E-state index contributed by atoms with van der Waals surface area (Å²) in [4.78, 5) is 22.5. The molecular weight excluding hydrogens is 269 g/mol. The van der Waals surface area contributed by atoms with E-state index in [1.807, 2.05) is 0 Å². The summed E-state index contributed by atoms with van der Waals surface area (Å²) in [5.74, 6) is -3.11. The van der Waals surface area contributed by atoms with Gasteiger partial charge in [0.05, 0.1) is 31.7 Å². The number of carboxylic acid groups (broad SMARTS) is 1. The number of rotatable bonds is 5. The van der Waals surface area contributed by atoms with E-state index in [1.165, 1.54) is 20.3 Å². The first-order valence-electron chi connectivity index (χ1n) is 5.93. The summed E-state index contributed by atoms with van der Waals surface area (Å²) in [5.41, 5.74) is 0.145. The molecule has 7 heteroatoms. The second-order valence-corrected chi connectivity index (χ2v) is 4.46.